The van der Waals surface area contributed by atoms with Crippen LogP contribution in [0.3, 0.4) is 0 Å². The zero-order valence-electron chi connectivity index (χ0n) is 13.9. The molecule has 118 valence electrons. The predicted octanol–water partition coefficient (Wildman–Crippen LogP) is 2.57. The molecule has 0 amide bonds. The summed E-state index contributed by atoms with van der Waals surface area (Å²) >= 11 is 0. The Kier molecular flexibility index (Phi) is 6.79. The summed E-state index contributed by atoms with van der Waals surface area (Å²) in [6.07, 6.45) is 6.81. The van der Waals surface area contributed by atoms with E-state index in [4.69, 9.17) is 0 Å². The molecule has 0 spiro atoms. The van der Waals surface area contributed by atoms with Gasteiger partial charge in [0.15, 0.2) is 0 Å². The van der Waals surface area contributed by atoms with E-state index in [1.807, 2.05) is 0 Å². The molecule has 3 atom stereocenters. The first kappa shape index (κ1) is 16.3. The Morgan fingerprint density at radius 3 is 2.50 bits per heavy atom. The third-order valence-electron chi connectivity index (χ3n) is 5.43. The molecule has 0 aromatic rings. The SMILES string of the molecule is CCCNC1CCCC1CN1CCN(C(C)CC)CC1. The van der Waals surface area contributed by atoms with Gasteiger partial charge in [-0.15, -0.1) is 0 Å². The molecule has 3 nitrogen and oxygen atoms in total. The molecule has 1 saturated carbocycles. The highest BCUT2D eigenvalue weighted by molar-refractivity contribution is 4.86. The minimum atomic E-state index is 0.766. The lowest BCUT2D eigenvalue weighted by Crippen LogP contribution is -2.51. The molecule has 3 heteroatoms. The molecule has 1 N–H and O–H groups in total. The zero-order chi connectivity index (χ0) is 14.4. The first-order valence-electron chi connectivity index (χ1n) is 8.94. The second kappa shape index (κ2) is 8.35. The van der Waals surface area contributed by atoms with Crippen molar-refractivity contribution in [2.45, 2.75) is 65.0 Å². The molecule has 2 fully saturated rings. The Bertz CT molecular complexity index is 261. The summed E-state index contributed by atoms with van der Waals surface area (Å²) in [5, 5.41) is 3.77. The van der Waals surface area contributed by atoms with Crippen molar-refractivity contribution in [3.05, 3.63) is 0 Å². The summed E-state index contributed by atoms with van der Waals surface area (Å²) in [5.41, 5.74) is 0. The first-order chi connectivity index (χ1) is 9.74. The fourth-order valence-electron chi connectivity index (χ4n) is 3.83. The van der Waals surface area contributed by atoms with E-state index >= 15 is 0 Å². The van der Waals surface area contributed by atoms with Crippen molar-refractivity contribution in [1.29, 1.82) is 0 Å². The van der Waals surface area contributed by atoms with E-state index < -0.39 is 0 Å². The third kappa shape index (κ3) is 4.44. The Labute approximate surface area is 126 Å². The molecule has 2 aliphatic rings. The van der Waals surface area contributed by atoms with Gasteiger partial charge < -0.3 is 10.2 Å². The van der Waals surface area contributed by atoms with Crippen molar-refractivity contribution >= 4 is 0 Å². The van der Waals surface area contributed by atoms with Gasteiger partial charge in [-0.3, -0.25) is 4.90 Å². The van der Waals surface area contributed by atoms with E-state index in [0.29, 0.717) is 0 Å². The molecular formula is C17H35N3. The standard InChI is InChI=1S/C17H35N3/c1-4-9-18-17-8-6-7-16(17)14-19-10-12-20(13-11-19)15(3)5-2/h15-18H,4-14H2,1-3H3. The fourth-order valence-corrected chi connectivity index (χ4v) is 3.83. The Morgan fingerprint density at radius 2 is 1.85 bits per heavy atom. The summed E-state index contributed by atoms with van der Waals surface area (Å²) in [7, 11) is 0. The van der Waals surface area contributed by atoms with Crippen LogP contribution in [0.2, 0.25) is 0 Å². The maximum absolute atomic E-state index is 3.77. The molecule has 1 aliphatic carbocycles. The van der Waals surface area contributed by atoms with Crippen LogP contribution in [0.4, 0.5) is 0 Å². The maximum Gasteiger partial charge on any atom is 0.0113 e. The molecule has 3 unspecified atom stereocenters. The molecule has 20 heavy (non-hydrogen) atoms. The van der Waals surface area contributed by atoms with Gasteiger partial charge in [0.2, 0.25) is 0 Å². The lowest BCUT2D eigenvalue weighted by molar-refractivity contribution is 0.0872. The summed E-state index contributed by atoms with van der Waals surface area (Å²) in [6.45, 7) is 14.6. The van der Waals surface area contributed by atoms with Gasteiger partial charge in [0.25, 0.3) is 0 Å². The summed E-state index contributed by atoms with van der Waals surface area (Å²) in [6, 6.07) is 1.56. The van der Waals surface area contributed by atoms with Crippen LogP contribution in [0.5, 0.6) is 0 Å². The topological polar surface area (TPSA) is 18.5 Å². The zero-order valence-corrected chi connectivity index (χ0v) is 13.9. The van der Waals surface area contributed by atoms with Gasteiger partial charge in [0.05, 0.1) is 0 Å². The molecular weight excluding hydrogens is 246 g/mol. The van der Waals surface area contributed by atoms with Crippen LogP contribution in [0, 0.1) is 5.92 Å². The Morgan fingerprint density at radius 1 is 1.10 bits per heavy atom. The quantitative estimate of drug-likeness (QED) is 0.774. The number of hydrogen-bond acceptors (Lipinski definition) is 3. The summed E-state index contributed by atoms with van der Waals surface area (Å²) < 4.78 is 0. The average Bonchev–Trinajstić information content (AvgIpc) is 2.92. The average molecular weight is 281 g/mol. The van der Waals surface area contributed by atoms with E-state index in [9.17, 15) is 0 Å². The molecule has 0 aromatic heterocycles. The van der Waals surface area contributed by atoms with Crippen LogP contribution in [0.1, 0.15) is 52.9 Å². The lowest BCUT2D eigenvalue weighted by Gasteiger charge is -2.39. The van der Waals surface area contributed by atoms with E-state index in [-0.39, 0.29) is 0 Å². The highest BCUT2D eigenvalue weighted by Gasteiger charge is 2.29. The molecule has 1 heterocycles. The molecule has 0 radical (unpaired) electrons. The normalized spacial score (nSPS) is 30.8. The summed E-state index contributed by atoms with van der Waals surface area (Å²) in [4.78, 5) is 5.38. The minimum Gasteiger partial charge on any atom is -0.314 e. The van der Waals surface area contributed by atoms with Crippen molar-refractivity contribution in [2.75, 3.05) is 39.3 Å². The smallest absolute Gasteiger partial charge is 0.0113 e. The molecule has 1 aliphatic heterocycles. The monoisotopic (exact) mass is 281 g/mol. The van der Waals surface area contributed by atoms with E-state index in [0.717, 1.165) is 18.0 Å². The Hall–Kier alpha value is -0.120. The van der Waals surface area contributed by atoms with Gasteiger partial charge in [-0.25, -0.2) is 0 Å². The van der Waals surface area contributed by atoms with Crippen molar-refractivity contribution in [2.24, 2.45) is 5.92 Å². The van der Waals surface area contributed by atoms with Gasteiger partial charge in [-0.05, 0) is 45.1 Å². The highest BCUT2D eigenvalue weighted by atomic mass is 15.3. The number of hydrogen-bond donors (Lipinski definition) is 1. The maximum atomic E-state index is 3.77. The van der Waals surface area contributed by atoms with Gasteiger partial charge in [0.1, 0.15) is 0 Å². The predicted molar refractivity (Wildman–Crippen MR) is 87.2 cm³/mol. The van der Waals surface area contributed by atoms with Crippen molar-refractivity contribution in [1.82, 2.24) is 15.1 Å². The van der Waals surface area contributed by atoms with Crippen LogP contribution in [-0.4, -0.2) is 61.2 Å². The van der Waals surface area contributed by atoms with Crippen molar-refractivity contribution in [3.63, 3.8) is 0 Å². The van der Waals surface area contributed by atoms with Crippen LogP contribution < -0.4 is 5.32 Å². The van der Waals surface area contributed by atoms with E-state index in [2.05, 4.69) is 35.9 Å². The first-order valence-corrected chi connectivity index (χ1v) is 8.94. The number of nitrogens with one attached hydrogen (secondary N) is 1. The Balaban J connectivity index is 1.71. The van der Waals surface area contributed by atoms with E-state index in [1.54, 1.807) is 0 Å². The molecule has 0 bridgehead atoms. The highest BCUT2D eigenvalue weighted by Crippen LogP contribution is 2.27. The van der Waals surface area contributed by atoms with Gasteiger partial charge >= 0.3 is 0 Å². The van der Waals surface area contributed by atoms with Crippen molar-refractivity contribution < 1.29 is 0 Å². The van der Waals surface area contributed by atoms with Crippen LogP contribution >= 0.6 is 0 Å². The van der Waals surface area contributed by atoms with Crippen LogP contribution in [0.25, 0.3) is 0 Å². The van der Waals surface area contributed by atoms with Crippen LogP contribution in [-0.2, 0) is 0 Å². The number of piperazine rings is 1. The second-order valence-electron chi connectivity index (χ2n) is 6.85. The van der Waals surface area contributed by atoms with Gasteiger partial charge in [-0.2, -0.15) is 0 Å². The second-order valence-corrected chi connectivity index (χ2v) is 6.85. The van der Waals surface area contributed by atoms with Crippen LogP contribution in [0.15, 0.2) is 0 Å². The number of nitrogens with zero attached hydrogens (tertiary/aromatic N) is 2. The molecule has 1 saturated heterocycles. The number of rotatable bonds is 7. The lowest BCUT2D eigenvalue weighted by atomic mass is 10.0. The minimum absolute atomic E-state index is 0.766. The molecule has 0 aromatic carbocycles. The van der Waals surface area contributed by atoms with E-state index in [1.165, 1.54) is 71.4 Å². The van der Waals surface area contributed by atoms with Gasteiger partial charge in [0, 0.05) is 44.8 Å². The molecule has 2 rings (SSSR count). The van der Waals surface area contributed by atoms with Gasteiger partial charge in [-0.1, -0.05) is 20.3 Å². The fraction of sp³-hybridized carbons (Fsp3) is 1.00. The summed E-state index contributed by atoms with van der Waals surface area (Å²) in [5.74, 6) is 0.900. The largest absolute Gasteiger partial charge is 0.314 e. The van der Waals surface area contributed by atoms with Crippen molar-refractivity contribution in [3.8, 4) is 0 Å². The third-order valence-corrected chi connectivity index (χ3v) is 5.43.